The molecule has 3 N–H and O–H groups in total. The van der Waals surface area contributed by atoms with Crippen molar-refractivity contribution in [2.45, 2.75) is 13.3 Å². The van der Waals surface area contributed by atoms with Crippen LogP contribution in [0.25, 0.3) is 0 Å². The van der Waals surface area contributed by atoms with E-state index in [0.717, 1.165) is 6.08 Å². The number of carboxylic acid groups (broad SMARTS) is 3. The molecule has 0 aromatic rings. The molecule has 0 amide bonds. The molecule has 0 aliphatic rings. The van der Waals surface area contributed by atoms with E-state index in [9.17, 15) is 14.4 Å². The molecule has 0 radical (unpaired) electrons. The summed E-state index contributed by atoms with van der Waals surface area (Å²) < 4.78 is 0. The highest BCUT2D eigenvalue weighted by Crippen LogP contribution is 1.99. The van der Waals surface area contributed by atoms with E-state index >= 15 is 0 Å². The Labute approximate surface area is 86.2 Å². The van der Waals surface area contributed by atoms with E-state index in [0.29, 0.717) is 0 Å². The van der Waals surface area contributed by atoms with Gasteiger partial charge in [0.15, 0.2) is 0 Å². The first kappa shape index (κ1) is 15.4. The topological polar surface area (TPSA) is 112 Å². The number of allylic oxidation sites excluding steroid dienone is 1. The van der Waals surface area contributed by atoms with Crippen molar-refractivity contribution in [3.8, 4) is 0 Å². The normalized spacial score (nSPS) is 9.53. The molecule has 84 valence electrons. The maximum atomic E-state index is 10.1. The molecule has 0 bridgehead atoms. The number of rotatable bonds is 4. The lowest BCUT2D eigenvalue weighted by Crippen LogP contribution is -2.05. The predicted octanol–water partition coefficient (Wildman–Crippen LogP) is 0.749. The van der Waals surface area contributed by atoms with Gasteiger partial charge in [-0.25, -0.2) is 9.59 Å². The summed E-state index contributed by atoms with van der Waals surface area (Å²) in [5.41, 5.74) is -0.0903. The summed E-state index contributed by atoms with van der Waals surface area (Å²) in [6, 6.07) is 0. The van der Waals surface area contributed by atoms with Crippen LogP contribution >= 0.6 is 0 Å². The molecule has 0 saturated heterocycles. The summed E-state index contributed by atoms with van der Waals surface area (Å²) >= 11 is 0. The highest BCUT2D eigenvalue weighted by Gasteiger charge is 2.09. The molecule has 15 heavy (non-hydrogen) atoms. The first-order valence-corrected chi connectivity index (χ1v) is 3.80. The van der Waals surface area contributed by atoms with Crippen LogP contribution in [-0.2, 0) is 14.4 Å². The van der Waals surface area contributed by atoms with E-state index < -0.39 is 24.3 Å². The molecule has 0 fully saturated rings. The first-order valence-electron chi connectivity index (χ1n) is 3.80. The second kappa shape index (κ2) is 8.49. The van der Waals surface area contributed by atoms with Gasteiger partial charge in [0.2, 0.25) is 0 Å². The van der Waals surface area contributed by atoms with Gasteiger partial charge in [0.1, 0.15) is 0 Å². The Bertz CT molecular complexity index is 289. The van der Waals surface area contributed by atoms with Gasteiger partial charge >= 0.3 is 17.9 Å². The average Bonchev–Trinajstić information content (AvgIpc) is 2.14. The van der Waals surface area contributed by atoms with Crippen LogP contribution in [0.3, 0.4) is 0 Å². The summed E-state index contributed by atoms with van der Waals surface area (Å²) in [4.78, 5) is 29.4. The van der Waals surface area contributed by atoms with Crippen molar-refractivity contribution in [1.29, 1.82) is 0 Å². The van der Waals surface area contributed by atoms with Crippen LogP contribution in [-0.4, -0.2) is 33.2 Å². The largest absolute Gasteiger partial charge is 0.481 e. The number of hydrogen-bond acceptors (Lipinski definition) is 3. The van der Waals surface area contributed by atoms with Crippen molar-refractivity contribution >= 4 is 17.9 Å². The van der Waals surface area contributed by atoms with Crippen molar-refractivity contribution in [2.75, 3.05) is 0 Å². The zero-order valence-electron chi connectivity index (χ0n) is 8.14. The standard InChI is InChI=1S/C6H8O4.C3H4O2/c1-2-4(6(9)10)3-5(7)8;1-2-3(4)5/h2H,3H2,1H3,(H,7,8)(H,9,10);2H,1H2,(H,4,5). The molecule has 0 unspecified atom stereocenters. The minimum Gasteiger partial charge on any atom is -0.481 e. The highest BCUT2D eigenvalue weighted by molar-refractivity contribution is 5.91. The molecule has 0 aliphatic heterocycles. The fourth-order valence-corrected chi connectivity index (χ4v) is 0.464. The molecule has 0 atom stereocenters. The van der Waals surface area contributed by atoms with Gasteiger partial charge < -0.3 is 15.3 Å². The second-order valence-corrected chi connectivity index (χ2v) is 2.23. The molecular weight excluding hydrogens is 204 g/mol. The van der Waals surface area contributed by atoms with Crippen molar-refractivity contribution in [1.82, 2.24) is 0 Å². The Morgan fingerprint density at radius 3 is 1.67 bits per heavy atom. The Morgan fingerprint density at radius 1 is 1.20 bits per heavy atom. The van der Waals surface area contributed by atoms with Gasteiger partial charge in [-0.15, -0.1) is 0 Å². The van der Waals surface area contributed by atoms with Gasteiger partial charge in [-0.05, 0) is 6.92 Å². The lowest BCUT2D eigenvalue weighted by molar-refractivity contribution is -0.139. The van der Waals surface area contributed by atoms with Crippen LogP contribution in [0.2, 0.25) is 0 Å². The fourth-order valence-electron chi connectivity index (χ4n) is 0.464. The van der Waals surface area contributed by atoms with Crippen LogP contribution < -0.4 is 0 Å². The summed E-state index contributed by atoms with van der Waals surface area (Å²) in [7, 11) is 0. The predicted molar refractivity (Wildman–Crippen MR) is 51.5 cm³/mol. The molecule has 0 aliphatic carbocycles. The van der Waals surface area contributed by atoms with Crippen molar-refractivity contribution in [2.24, 2.45) is 0 Å². The summed E-state index contributed by atoms with van der Waals surface area (Å²) in [5.74, 6) is -3.29. The Morgan fingerprint density at radius 2 is 1.60 bits per heavy atom. The van der Waals surface area contributed by atoms with E-state index in [1.54, 1.807) is 0 Å². The van der Waals surface area contributed by atoms with Gasteiger partial charge in [-0.3, -0.25) is 4.79 Å². The third-order valence-electron chi connectivity index (χ3n) is 1.14. The van der Waals surface area contributed by atoms with Crippen molar-refractivity contribution < 1.29 is 29.7 Å². The fraction of sp³-hybridized carbons (Fsp3) is 0.222. The lowest BCUT2D eigenvalue weighted by Gasteiger charge is -1.93. The number of carbonyl (C=O) groups is 3. The second-order valence-electron chi connectivity index (χ2n) is 2.23. The van der Waals surface area contributed by atoms with Crippen LogP contribution in [0.1, 0.15) is 13.3 Å². The van der Waals surface area contributed by atoms with Gasteiger partial charge in [-0.1, -0.05) is 12.7 Å². The molecule has 0 heterocycles. The van der Waals surface area contributed by atoms with E-state index in [1.807, 2.05) is 0 Å². The Balaban J connectivity index is 0. The van der Waals surface area contributed by atoms with E-state index in [-0.39, 0.29) is 5.57 Å². The Hall–Kier alpha value is -2.11. The van der Waals surface area contributed by atoms with Crippen LogP contribution in [0.5, 0.6) is 0 Å². The maximum Gasteiger partial charge on any atom is 0.331 e. The van der Waals surface area contributed by atoms with Crippen LogP contribution in [0.4, 0.5) is 0 Å². The molecular formula is C9H12O6. The average molecular weight is 216 g/mol. The van der Waals surface area contributed by atoms with Gasteiger partial charge in [0, 0.05) is 11.6 Å². The minimum absolute atomic E-state index is 0.0903. The molecule has 0 saturated carbocycles. The van der Waals surface area contributed by atoms with Crippen LogP contribution in [0, 0.1) is 0 Å². The van der Waals surface area contributed by atoms with Gasteiger partial charge in [-0.2, -0.15) is 0 Å². The van der Waals surface area contributed by atoms with Gasteiger partial charge in [0.25, 0.3) is 0 Å². The van der Waals surface area contributed by atoms with Crippen molar-refractivity contribution in [3.05, 3.63) is 24.3 Å². The third kappa shape index (κ3) is 11.9. The summed E-state index contributed by atoms with van der Waals surface area (Å²) in [5, 5.41) is 24.1. The third-order valence-corrected chi connectivity index (χ3v) is 1.14. The van der Waals surface area contributed by atoms with Crippen molar-refractivity contribution in [3.63, 3.8) is 0 Å². The first-order chi connectivity index (χ1) is 6.84. The monoisotopic (exact) mass is 216 g/mol. The SMILES string of the molecule is C=CC(=O)O.CC=C(CC(=O)O)C(=O)O. The molecule has 0 aromatic carbocycles. The maximum absolute atomic E-state index is 10.1. The molecule has 6 nitrogen and oxygen atoms in total. The zero-order valence-corrected chi connectivity index (χ0v) is 8.14. The molecule has 0 spiro atoms. The summed E-state index contributed by atoms with van der Waals surface area (Å²) in [6.45, 7) is 4.45. The molecule has 0 rings (SSSR count). The zero-order chi connectivity index (χ0) is 12.4. The molecule has 6 heteroatoms. The van der Waals surface area contributed by atoms with E-state index in [2.05, 4.69) is 6.58 Å². The molecule has 0 aromatic heterocycles. The smallest absolute Gasteiger partial charge is 0.331 e. The highest BCUT2D eigenvalue weighted by atomic mass is 16.4. The quantitative estimate of drug-likeness (QED) is 0.598. The Kier molecular flexibility index (Phi) is 8.69. The number of hydrogen-bond donors (Lipinski definition) is 3. The van der Waals surface area contributed by atoms with E-state index in [1.165, 1.54) is 13.0 Å². The van der Waals surface area contributed by atoms with Crippen LogP contribution in [0.15, 0.2) is 24.3 Å². The van der Waals surface area contributed by atoms with E-state index in [4.69, 9.17) is 15.3 Å². The summed E-state index contributed by atoms with van der Waals surface area (Å²) in [6.07, 6.45) is 1.68. The number of aliphatic carboxylic acids is 3. The minimum atomic E-state index is -1.18. The lowest BCUT2D eigenvalue weighted by atomic mass is 10.2. The van der Waals surface area contributed by atoms with Gasteiger partial charge in [0.05, 0.1) is 6.42 Å². The number of carboxylic acids is 3.